The average Bonchev–Trinajstić information content (AvgIpc) is 3.16. The van der Waals surface area contributed by atoms with Crippen LogP contribution in [-0.2, 0) is 11.3 Å². The Labute approximate surface area is 147 Å². The maximum Gasteiger partial charge on any atom is 0.237 e. The molecule has 3 rings (SSSR count). The van der Waals surface area contributed by atoms with Crippen LogP contribution in [0.15, 0.2) is 43.0 Å². The summed E-state index contributed by atoms with van der Waals surface area (Å²) in [6, 6.07) is 7.56. The average molecular weight is 359 g/mol. The van der Waals surface area contributed by atoms with Crippen LogP contribution in [0.2, 0.25) is 0 Å². The van der Waals surface area contributed by atoms with Crippen molar-refractivity contribution in [1.29, 1.82) is 0 Å². The van der Waals surface area contributed by atoms with E-state index in [4.69, 9.17) is 0 Å². The number of amides is 1. The van der Waals surface area contributed by atoms with Gasteiger partial charge >= 0.3 is 0 Å². The molecule has 1 aliphatic heterocycles. The molecule has 0 bridgehead atoms. The molecule has 3 N–H and O–H groups in total. The molecule has 1 saturated heterocycles. The minimum Gasteiger partial charge on any atom is -0.392 e. The Kier molecular flexibility index (Phi) is 7.51. The first-order chi connectivity index (χ1) is 10.2. The van der Waals surface area contributed by atoms with Crippen molar-refractivity contribution >= 4 is 30.7 Å². The standard InChI is InChI=1S/C15H18N4O2.2ClH/c20-12-7-13(17-9-12)15(21)18-8-11-3-1-2-4-14(11)19-6-5-16-10-19;;/h1-6,10,12-13,17,20H,7-9H2,(H,18,21);2*1H/t12-,13+;;/m1../s1. The number of β-amino-alcohol motifs (C(OH)–C–C–N with tert-alkyl or cyclic N) is 1. The first-order valence-corrected chi connectivity index (χ1v) is 6.99. The van der Waals surface area contributed by atoms with Crippen molar-refractivity contribution in [2.45, 2.75) is 25.1 Å². The molecule has 0 aliphatic carbocycles. The van der Waals surface area contributed by atoms with E-state index < -0.39 is 6.10 Å². The van der Waals surface area contributed by atoms with Crippen LogP contribution in [0.1, 0.15) is 12.0 Å². The number of carbonyl (C=O) groups excluding carboxylic acids is 1. The van der Waals surface area contributed by atoms with E-state index in [2.05, 4.69) is 15.6 Å². The third kappa shape index (κ3) is 4.68. The monoisotopic (exact) mass is 358 g/mol. The zero-order valence-electron chi connectivity index (χ0n) is 12.4. The van der Waals surface area contributed by atoms with Crippen LogP contribution in [0.3, 0.4) is 0 Å². The lowest BCUT2D eigenvalue weighted by molar-refractivity contribution is -0.123. The van der Waals surface area contributed by atoms with E-state index in [0.717, 1.165) is 11.3 Å². The summed E-state index contributed by atoms with van der Waals surface area (Å²) in [5, 5.41) is 15.4. The number of para-hydroxylation sites is 1. The first kappa shape index (κ1) is 19.4. The summed E-state index contributed by atoms with van der Waals surface area (Å²) in [4.78, 5) is 16.1. The van der Waals surface area contributed by atoms with E-state index in [9.17, 15) is 9.90 Å². The van der Waals surface area contributed by atoms with Gasteiger partial charge in [0, 0.05) is 25.5 Å². The highest BCUT2D eigenvalue weighted by molar-refractivity contribution is 5.85. The molecule has 0 unspecified atom stereocenters. The fourth-order valence-corrected chi connectivity index (χ4v) is 2.54. The Hall–Kier alpha value is -1.60. The highest BCUT2D eigenvalue weighted by atomic mass is 35.5. The van der Waals surface area contributed by atoms with E-state index in [1.165, 1.54) is 0 Å². The van der Waals surface area contributed by atoms with Gasteiger partial charge in [0.1, 0.15) is 0 Å². The number of aromatic nitrogens is 2. The molecule has 6 nitrogen and oxygen atoms in total. The SMILES string of the molecule is Cl.Cl.O=C(NCc1ccccc1-n1ccnc1)[C@@H]1C[C@@H](O)CN1. The Morgan fingerprint density at radius 3 is 2.83 bits per heavy atom. The largest absolute Gasteiger partial charge is 0.392 e. The van der Waals surface area contributed by atoms with E-state index in [1.54, 1.807) is 12.5 Å². The molecule has 1 amide bonds. The van der Waals surface area contributed by atoms with Crippen LogP contribution < -0.4 is 10.6 Å². The Morgan fingerprint density at radius 1 is 1.39 bits per heavy atom. The van der Waals surface area contributed by atoms with Gasteiger partial charge in [-0.25, -0.2) is 4.98 Å². The lowest BCUT2D eigenvalue weighted by atomic mass is 10.1. The van der Waals surface area contributed by atoms with Gasteiger partial charge in [-0.3, -0.25) is 4.79 Å². The second kappa shape index (κ2) is 8.88. The van der Waals surface area contributed by atoms with E-state index in [0.29, 0.717) is 19.5 Å². The van der Waals surface area contributed by atoms with Crippen LogP contribution in [0.5, 0.6) is 0 Å². The highest BCUT2D eigenvalue weighted by Crippen LogP contribution is 2.14. The number of hydrogen-bond acceptors (Lipinski definition) is 4. The van der Waals surface area contributed by atoms with Gasteiger partial charge in [-0.15, -0.1) is 24.8 Å². The molecular weight excluding hydrogens is 339 g/mol. The number of nitrogens with one attached hydrogen (secondary N) is 2. The van der Waals surface area contributed by atoms with Crippen molar-refractivity contribution in [3.05, 3.63) is 48.5 Å². The second-order valence-electron chi connectivity index (χ2n) is 5.17. The van der Waals surface area contributed by atoms with Gasteiger partial charge in [-0.05, 0) is 18.1 Å². The molecule has 1 aromatic heterocycles. The van der Waals surface area contributed by atoms with E-state index >= 15 is 0 Å². The van der Waals surface area contributed by atoms with Crippen LogP contribution in [-0.4, -0.2) is 39.3 Å². The number of hydrogen-bond donors (Lipinski definition) is 3. The van der Waals surface area contributed by atoms with Gasteiger partial charge < -0.3 is 20.3 Å². The lowest BCUT2D eigenvalue weighted by Gasteiger charge is -2.14. The minimum atomic E-state index is -0.431. The Morgan fingerprint density at radius 2 is 2.17 bits per heavy atom. The molecule has 0 saturated carbocycles. The molecule has 1 fully saturated rings. The summed E-state index contributed by atoms with van der Waals surface area (Å²) in [6.07, 6.45) is 5.36. The molecule has 2 aromatic rings. The van der Waals surface area contributed by atoms with Crippen LogP contribution >= 0.6 is 24.8 Å². The maximum atomic E-state index is 12.1. The fraction of sp³-hybridized carbons (Fsp3) is 0.333. The Bertz CT molecular complexity index is 622. The quantitative estimate of drug-likeness (QED) is 0.763. The second-order valence-corrected chi connectivity index (χ2v) is 5.17. The molecular formula is C15H20Cl2N4O2. The smallest absolute Gasteiger partial charge is 0.237 e. The summed E-state index contributed by atoms with van der Waals surface area (Å²) in [7, 11) is 0. The van der Waals surface area contributed by atoms with Crippen LogP contribution in [0, 0.1) is 0 Å². The number of rotatable bonds is 4. The maximum absolute atomic E-state index is 12.1. The van der Waals surface area contributed by atoms with Crippen molar-refractivity contribution in [3.63, 3.8) is 0 Å². The third-order valence-electron chi connectivity index (χ3n) is 3.65. The molecule has 2 atom stereocenters. The molecule has 8 heteroatoms. The van der Waals surface area contributed by atoms with Gasteiger partial charge in [-0.1, -0.05) is 18.2 Å². The van der Waals surface area contributed by atoms with Crippen molar-refractivity contribution in [1.82, 2.24) is 20.2 Å². The zero-order valence-corrected chi connectivity index (χ0v) is 14.0. The van der Waals surface area contributed by atoms with Gasteiger partial charge in [-0.2, -0.15) is 0 Å². The molecule has 2 heterocycles. The predicted octanol–water partition coefficient (Wildman–Crippen LogP) is 1.05. The molecule has 1 aromatic carbocycles. The number of imidazole rings is 1. The van der Waals surface area contributed by atoms with Gasteiger partial charge in [0.05, 0.1) is 24.2 Å². The van der Waals surface area contributed by atoms with Crippen molar-refractivity contribution in [2.75, 3.05) is 6.54 Å². The normalized spacial score (nSPS) is 19.5. The molecule has 0 radical (unpaired) electrons. The van der Waals surface area contributed by atoms with Crippen LogP contribution in [0.25, 0.3) is 5.69 Å². The summed E-state index contributed by atoms with van der Waals surface area (Å²) >= 11 is 0. The van der Waals surface area contributed by atoms with Crippen LogP contribution in [0.4, 0.5) is 0 Å². The lowest BCUT2D eigenvalue weighted by Crippen LogP contribution is -2.40. The minimum absolute atomic E-state index is 0. The van der Waals surface area contributed by atoms with Gasteiger partial charge in [0.15, 0.2) is 0 Å². The zero-order chi connectivity index (χ0) is 14.7. The number of halogens is 2. The number of carbonyl (C=O) groups is 1. The van der Waals surface area contributed by atoms with Gasteiger partial charge in [0.25, 0.3) is 0 Å². The van der Waals surface area contributed by atoms with E-state index in [-0.39, 0.29) is 36.8 Å². The topological polar surface area (TPSA) is 79.2 Å². The molecule has 23 heavy (non-hydrogen) atoms. The third-order valence-corrected chi connectivity index (χ3v) is 3.65. The van der Waals surface area contributed by atoms with Crippen molar-refractivity contribution in [3.8, 4) is 5.69 Å². The number of aliphatic hydroxyl groups is 1. The number of nitrogens with zero attached hydrogens (tertiary/aromatic N) is 2. The summed E-state index contributed by atoms with van der Waals surface area (Å²) in [5.41, 5.74) is 2.01. The Balaban J connectivity index is 0.00000132. The van der Waals surface area contributed by atoms with Crippen molar-refractivity contribution < 1.29 is 9.90 Å². The number of benzene rings is 1. The first-order valence-electron chi connectivity index (χ1n) is 6.99. The predicted molar refractivity (Wildman–Crippen MR) is 92.3 cm³/mol. The summed E-state index contributed by atoms with van der Waals surface area (Å²) < 4.78 is 1.92. The molecule has 0 spiro atoms. The number of aliphatic hydroxyl groups excluding tert-OH is 1. The fourth-order valence-electron chi connectivity index (χ4n) is 2.54. The summed E-state index contributed by atoms with van der Waals surface area (Å²) in [5.74, 6) is -0.0769. The van der Waals surface area contributed by atoms with Crippen molar-refractivity contribution in [2.24, 2.45) is 0 Å². The van der Waals surface area contributed by atoms with E-state index in [1.807, 2.05) is 35.0 Å². The molecule has 1 aliphatic rings. The van der Waals surface area contributed by atoms with Gasteiger partial charge in [0.2, 0.25) is 5.91 Å². The highest BCUT2D eigenvalue weighted by Gasteiger charge is 2.27. The summed E-state index contributed by atoms with van der Waals surface area (Å²) in [6.45, 7) is 0.922. The molecule has 126 valence electrons.